The summed E-state index contributed by atoms with van der Waals surface area (Å²) in [5.41, 5.74) is 8.00. The van der Waals surface area contributed by atoms with Crippen LogP contribution in [0.15, 0.2) is 54.0 Å². The van der Waals surface area contributed by atoms with E-state index in [2.05, 4.69) is 21.7 Å². The number of nitrogens with two attached hydrogens (primary N) is 1. The lowest BCUT2D eigenvalue weighted by molar-refractivity contribution is 0.0990. The molecule has 0 saturated heterocycles. The Balaban J connectivity index is 1.60. The number of ether oxygens (including phenoxy) is 1. The zero-order valence-electron chi connectivity index (χ0n) is 17.7. The monoisotopic (exact) mass is 437 g/mol. The van der Waals surface area contributed by atoms with Crippen molar-refractivity contribution < 1.29 is 9.53 Å². The van der Waals surface area contributed by atoms with Gasteiger partial charge in [-0.15, -0.1) is 11.3 Å². The number of benzene rings is 1. The minimum Gasteiger partial charge on any atom is -0.485 e. The fraction of sp³-hybridized carbons (Fsp3) is 0.304. The number of hydrogen-bond donors (Lipinski definition) is 2. The molecule has 0 saturated carbocycles. The van der Waals surface area contributed by atoms with Gasteiger partial charge in [-0.1, -0.05) is 12.1 Å². The van der Waals surface area contributed by atoms with Crippen molar-refractivity contribution in [3.05, 3.63) is 64.5 Å². The van der Waals surface area contributed by atoms with Crippen LogP contribution < -0.4 is 25.6 Å². The third kappa shape index (κ3) is 4.65. The topological polar surface area (TPSA) is 83.7 Å². The summed E-state index contributed by atoms with van der Waals surface area (Å²) in [7, 11) is 3.90. The SMILES string of the molecule is CNCC[C@H](Oc1cccc(N2CCN(C)c3cc(N)ncc3C2=O)c1)c1cccs1. The van der Waals surface area contributed by atoms with Crippen molar-refractivity contribution in [3.8, 4) is 5.75 Å². The standard InChI is InChI=1S/C23H27N5O2S/c1-25-9-8-20(21-7-4-12-31-21)30-17-6-3-5-16(13-17)28-11-10-27(2)19-14-22(24)26-15-18(19)23(28)29/h3-7,12-15,20,25H,8-11H2,1-2H3,(H2,24,26)/t20-/m0/s1. The highest BCUT2D eigenvalue weighted by molar-refractivity contribution is 7.10. The molecular formula is C23H27N5O2S. The number of likely N-dealkylation sites (N-methyl/N-ethyl adjacent to an activating group) is 1. The Morgan fingerprint density at radius 3 is 2.90 bits per heavy atom. The molecule has 1 amide bonds. The van der Waals surface area contributed by atoms with E-state index in [0.29, 0.717) is 24.5 Å². The number of rotatable bonds is 7. The van der Waals surface area contributed by atoms with Gasteiger partial charge in [0.25, 0.3) is 5.91 Å². The fourth-order valence-corrected chi connectivity index (χ4v) is 4.49. The van der Waals surface area contributed by atoms with E-state index in [4.69, 9.17) is 10.5 Å². The number of fused-ring (bicyclic) bond motifs is 1. The Kier molecular flexibility index (Phi) is 6.39. The number of nitrogen functional groups attached to an aromatic ring is 1. The number of hydrogen-bond acceptors (Lipinski definition) is 7. The van der Waals surface area contributed by atoms with Gasteiger partial charge in [0.15, 0.2) is 0 Å². The first kappa shape index (κ1) is 21.1. The van der Waals surface area contributed by atoms with Gasteiger partial charge in [0.2, 0.25) is 0 Å². The van der Waals surface area contributed by atoms with Crippen molar-refractivity contribution in [3.63, 3.8) is 0 Å². The molecule has 1 aliphatic heterocycles. The van der Waals surface area contributed by atoms with E-state index < -0.39 is 0 Å². The maximum absolute atomic E-state index is 13.3. The molecule has 0 fully saturated rings. The van der Waals surface area contributed by atoms with Crippen LogP contribution in [-0.4, -0.2) is 44.6 Å². The first-order valence-electron chi connectivity index (χ1n) is 10.3. The predicted molar refractivity (Wildman–Crippen MR) is 126 cm³/mol. The normalized spacial score (nSPS) is 14.8. The van der Waals surface area contributed by atoms with E-state index in [1.807, 2.05) is 49.3 Å². The molecule has 0 unspecified atom stereocenters. The lowest BCUT2D eigenvalue weighted by Gasteiger charge is -2.23. The minimum atomic E-state index is -0.0889. The van der Waals surface area contributed by atoms with Crippen molar-refractivity contribution >= 4 is 34.4 Å². The summed E-state index contributed by atoms with van der Waals surface area (Å²) in [6, 6.07) is 13.6. The molecule has 3 aromatic rings. The Bertz CT molecular complexity index is 1040. The molecule has 0 aliphatic carbocycles. The lowest BCUT2D eigenvalue weighted by Crippen LogP contribution is -2.33. The number of anilines is 3. The smallest absolute Gasteiger partial charge is 0.262 e. The third-order valence-corrected chi connectivity index (χ3v) is 6.34. The Morgan fingerprint density at radius 1 is 1.26 bits per heavy atom. The quantitative estimate of drug-likeness (QED) is 0.588. The number of thiophene rings is 1. The van der Waals surface area contributed by atoms with E-state index >= 15 is 0 Å². The van der Waals surface area contributed by atoms with E-state index in [0.717, 1.165) is 30.1 Å². The van der Waals surface area contributed by atoms with Gasteiger partial charge in [0.1, 0.15) is 17.7 Å². The number of nitrogens with one attached hydrogen (secondary N) is 1. The average Bonchev–Trinajstić information content (AvgIpc) is 3.28. The molecule has 0 spiro atoms. The zero-order chi connectivity index (χ0) is 21.8. The number of aromatic nitrogens is 1. The summed E-state index contributed by atoms with van der Waals surface area (Å²) in [5.74, 6) is 1.06. The fourth-order valence-electron chi connectivity index (χ4n) is 3.70. The second kappa shape index (κ2) is 9.36. The number of carbonyl (C=O) groups excluding carboxylic acids is 1. The zero-order valence-corrected chi connectivity index (χ0v) is 18.6. The van der Waals surface area contributed by atoms with Gasteiger partial charge in [-0.05, 0) is 37.2 Å². The summed E-state index contributed by atoms with van der Waals surface area (Å²) in [6.07, 6.45) is 2.38. The summed E-state index contributed by atoms with van der Waals surface area (Å²) in [5, 5.41) is 5.25. The van der Waals surface area contributed by atoms with Crippen LogP contribution in [0.4, 0.5) is 17.2 Å². The molecule has 3 heterocycles. The summed E-state index contributed by atoms with van der Waals surface area (Å²) in [4.78, 5) is 22.5. The van der Waals surface area contributed by atoms with Gasteiger partial charge in [-0.2, -0.15) is 0 Å². The van der Waals surface area contributed by atoms with Gasteiger partial charge in [-0.3, -0.25) is 4.79 Å². The highest BCUT2D eigenvalue weighted by Crippen LogP contribution is 2.32. The van der Waals surface area contributed by atoms with Crippen LogP contribution in [0.1, 0.15) is 27.8 Å². The molecule has 1 atom stereocenters. The van der Waals surface area contributed by atoms with Crippen LogP contribution in [-0.2, 0) is 0 Å². The van der Waals surface area contributed by atoms with Crippen LogP contribution in [0.25, 0.3) is 0 Å². The molecule has 0 bridgehead atoms. The van der Waals surface area contributed by atoms with E-state index in [9.17, 15) is 4.79 Å². The molecular weight excluding hydrogens is 410 g/mol. The molecule has 2 aromatic heterocycles. The van der Waals surface area contributed by atoms with Gasteiger partial charge in [0, 0.05) is 55.5 Å². The van der Waals surface area contributed by atoms with Crippen LogP contribution >= 0.6 is 11.3 Å². The Hall–Kier alpha value is -3.10. The predicted octanol–water partition coefficient (Wildman–Crippen LogP) is 3.55. The lowest BCUT2D eigenvalue weighted by atomic mass is 10.1. The van der Waals surface area contributed by atoms with Crippen molar-refractivity contribution in [2.24, 2.45) is 0 Å². The molecule has 8 heteroatoms. The van der Waals surface area contributed by atoms with Gasteiger partial charge >= 0.3 is 0 Å². The third-order valence-electron chi connectivity index (χ3n) is 5.37. The first-order chi connectivity index (χ1) is 15.1. The number of amides is 1. The number of nitrogens with zero attached hydrogens (tertiary/aromatic N) is 3. The Labute approximate surface area is 186 Å². The van der Waals surface area contributed by atoms with Crippen molar-refractivity contribution in [2.45, 2.75) is 12.5 Å². The van der Waals surface area contributed by atoms with Gasteiger partial charge < -0.3 is 25.6 Å². The van der Waals surface area contributed by atoms with Crippen molar-refractivity contribution in [2.75, 3.05) is 49.3 Å². The number of pyridine rings is 1. The molecule has 162 valence electrons. The first-order valence-corrected chi connectivity index (χ1v) is 11.2. The van der Waals surface area contributed by atoms with Gasteiger partial charge in [-0.25, -0.2) is 4.98 Å². The molecule has 1 aliphatic rings. The maximum atomic E-state index is 13.3. The largest absolute Gasteiger partial charge is 0.485 e. The molecule has 31 heavy (non-hydrogen) atoms. The van der Waals surface area contributed by atoms with E-state index in [1.165, 1.54) is 4.88 Å². The molecule has 4 rings (SSSR count). The van der Waals surface area contributed by atoms with Crippen molar-refractivity contribution in [1.29, 1.82) is 0 Å². The van der Waals surface area contributed by atoms with Crippen LogP contribution in [0, 0.1) is 0 Å². The summed E-state index contributed by atoms with van der Waals surface area (Å²) in [6.45, 7) is 2.10. The molecule has 0 radical (unpaired) electrons. The average molecular weight is 438 g/mol. The minimum absolute atomic E-state index is 0.0402. The highest BCUT2D eigenvalue weighted by Gasteiger charge is 2.27. The highest BCUT2D eigenvalue weighted by atomic mass is 32.1. The summed E-state index contributed by atoms with van der Waals surface area (Å²) < 4.78 is 6.36. The van der Waals surface area contributed by atoms with Crippen LogP contribution in [0.5, 0.6) is 5.75 Å². The number of carbonyl (C=O) groups is 1. The van der Waals surface area contributed by atoms with Crippen LogP contribution in [0.2, 0.25) is 0 Å². The van der Waals surface area contributed by atoms with Gasteiger partial charge in [0.05, 0.1) is 11.3 Å². The second-order valence-corrected chi connectivity index (χ2v) is 8.50. The summed E-state index contributed by atoms with van der Waals surface area (Å²) >= 11 is 1.69. The molecule has 7 nitrogen and oxygen atoms in total. The molecule has 1 aromatic carbocycles. The van der Waals surface area contributed by atoms with Crippen LogP contribution in [0.3, 0.4) is 0 Å². The van der Waals surface area contributed by atoms with Crippen molar-refractivity contribution in [1.82, 2.24) is 10.3 Å². The maximum Gasteiger partial charge on any atom is 0.262 e. The Morgan fingerprint density at radius 2 is 2.13 bits per heavy atom. The van der Waals surface area contributed by atoms with E-state index in [1.54, 1.807) is 28.5 Å². The van der Waals surface area contributed by atoms with E-state index in [-0.39, 0.29) is 12.0 Å². The second-order valence-electron chi connectivity index (χ2n) is 7.52. The molecule has 3 N–H and O–H groups in total.